The van der Waals surface area contributed by atoms with Crippen molar-refractivity contribution in [3.8, 4) is 0 Å². The van der Waals surface area contributed by atoms with Crippen molar-refractivity contribution in [2.45, 2.75) is 53.0 Å². The molecule has 16 heavy (non-hydrogen) atoms. The molecule has 92 valence electrons. The summed E-state index contributed by atoms with van der Waals surface area (Å²) >= 11 is 0. The first-order chi connectivity index (χ1) is 7.34. The zero-order valence-electron chi connectivity index (χ0n) is 11.2. The molecule has 0 amide bonds. The molecule has 0 bridgehead atoms. The molecule has 1 atom stereocenters. The van der Waals surface area contributed by atoms with Crippen LogP contribution in [0, 0.1) is 5.41 Å². The molecule has 0 aliphatic rings. The van der Waals surface area contributed by atoms with Crippen LogP contribution < -0.4 is 5.32 Å². The van der Waals surface area contributed by atoms with Gasteiger partial charge >= 0.3 is 0 Å². The lowest BCUT2D eigenvalue weighted by Gasteiger charge is -2.29. The van der Waals surface area contributed by atoms with Gasteiger partial charge in [0.05, 0.1) is 0 Å². The van der Waals surface area contributed by atoms with Gasteiger partial charge in [-0.2, -0.15) is 4.98 Å². The summed E-state index contributed by atoms with van der Waals surface area (Å²) in [5, 5.41) is 7.27. The highest BCUT2D eigenvalue weighted by molar-refractivity contribution is 4.95. The van der Waals surface area contributed by atoms with Gasteiger partial charge in [0, 0.05) is 18.4 Å². The van der Waals surface area contributed by atoms with Crippen LogP contribution in [0.1, 0.15) is 52.3 Å². The standard InChI is InChI=1S/C12H23N3O/c1-8(2)11-14-10(16-15-11)7-9(13-6)12(3,4)5/h8-9,13H,7H2,1-6H3. The molecule has 1 N–H and O–H groups in total. The van der Waals surface area contributed by atoms with Gasteiger partial charge in [-0.15, -0.1) is 0 Å². The van der Waals surface area contributed by atoms with Gasteiger partial charge in [0.1, 0.15) is 0 Å². The minimum absolute atomic E-state index is 0.182. The van der Waals surface area contributed by atoms with E-state index in [4.69, 9.17) is 4.52 Å². The van der Waals surface area contributed by atoms with Crippen molar-refractivity contribution >= 4 is 0 Å². The number of rotatable bonds is 4. The molecule has 0 saturated carbocycles. The number of hydrogen-bond donors (Lipinski definition) is 1. The predicted octanol–water partition coefficient (Wildman–Crippen LogP) is 2.37. The third-order valence-corrected chi connectivity index (χ3v) is 2.77. The molecule has 0 aromatic carbocycles. The summed E-state index contributed by atoms with van der Waals surface area (Å²) in [5.41, 5.74) is 0.182. The second-order valence-electron chi connectivity index (χ2n) is 5.61. The maximum absolute atomic E-state index is 5.25. The van der Waals surface area contributed by atoms with Crippen LogP contribution in [0.25, 0.3) is 0 Å². The molecule has 1 aromatic rings. The van der Waals surface area contributed by atoms with Crippen LogP contribution in [0.4, 0.5) is 0 Å². The summed E-state index contributed by atoms with van der Waals surface area (Å²) in [6.45, 7) is 10.7. The maximum Gasteiger partial charge on any atom is 0.228 e. The predicted molar refractivity (Wildman–Crippen MR) is 64.4 cm³/mol. The van der Waals surface area contributed by atoms with E-state index >= 15 is 0 Å². The fourth-order valence-corrected chi connectivity index (χ4v) is 1.60. The highest BCUT2D eigenvalue weighted by Crippen LogP contribution is 2.22. The van der Waals surface area contributed by atoms with E-state index < -0.39 is 0 Å². The summed E-state index contributed by atoms with van der Waals surface area (Å²) in [4.78, 5) is 4.39. The minimum atomic E-state index is 0.182. The lowest BCUT2D eigenvalue weighted by atomic mass is 9.85. The quantitative estimate of drug-likeness (QED) is 0.854. The zero-order chi connectivity index (χ0) is 12.3. The molecule has 0 aliphatic heterocycles. The molecule has 0 saturated heterocycles. The van der Waals surface area contributed by atoms with Crippen LogP contribution >= 0.6 is 0 Å². The molecule has 0 spiro atoms. The molecule has 0 fully saturated rings. The molecule has 4 nitrogen and oxygen atoms in total. The summed E-state index contributed by atoms with van der Waals surface area (Å²) in [6.07, 6.45) is 0.778. The van der Waals surface area contributed by atoms with Crippen molar-refractivity contribution in [1.82, 2.24) is 15.5 Å². The minimum Gasteiger partial charge on any atom is -0.339 e. The van der Waals surface area contributed by atoms with Crippen LogP contribution in [-0.4, -0.2) is 23.2 Å². The Morgan fingerprint density at radius 2 is 1.94 bits per heavy atom. The Bertz CT molecular complexity index is 325. The van der Waals surface area contributed by atoms with Crippen LogP contribution in [0.2, 0.25) is 0 Å². The topological polar surface area (TPSA) is 51.0 Å². The van der Waals surface area contributed by atoms with Gasteiger partial charge in [-0.05, 0) is 12.5 Å². The normalized spacial score (nSPS) is 14.4. The number of nitrogens with zero attached hydrogens (tertiary/aromatic N) is 2. The second kappa shape index (κ2) is 4.95. The lowest BCUT2D eigenvalue weighted by Crippen LogP contribution is -2.39. The Labute approximate surface area is 97.8 Å². The first kappa shape index (κ1) is 13.2. The molecule has 1 heterocycles. The molecule has 1 rings (SSSR count). The first-order valence-electron chi connectivity index (χ1n) is 5.84. The van der Waals surface area contributed by atoms with Gasteiger partial charge in [0.15, 0.2) is 5.82 Å². The van der Waals surface area contributed by atoms with Gasteiger partial charge in [0.25, 0.3) is 0 Å². The van der Waals surface area contributed by atoms with E-state index in [9.17, 15) is 0 Å². The molecule has 0 aliphatic carbocycles. The van der Waals surface area contributed by atoms with Crippen LogP contribution in [0.3, 0.4) is 0 Å². The highest BCUT2D eigenvalue weighted by Gasteiger charge is 2.25. The number of nitrogens with one attached hydrogen (secondary N) is 1. The first-order valence-corrected chi connectivity index (χ1v) is 5.84. The van der Waals surface area contributed by atoms with Crippen molar-refractivity contribution < 1.29 is 4.52 Å². The Balaban J connectivity index is 2.71. The molecular formula is C12H23N3O. The van der Waals surface area contributed by atoms with Crippen molar-refractivity contribution in [3.63, 3.8) is 0 Å². The van der Waals surface area contributed by atoms with Crippen molar-refractivity contribution in [2.24, 2.45) is 5.41 Å². The lowest BCUT2D eigenvalue weighted by molar-refractivity contribution is 0.255. The molecule has 0 radical (unpaired) electrons. The van der Waals surface area contributed by atoms with Gasteiger partial charge in [-0.1, -0.05) is 39.8 Å². The summed E-state index contributed by atoms with van der Waals surface area (Å²) in [6, 6.07) is 0.341. The molecular weight excluding hydrogens is 202 g/mol. The maximum atomic E-state index is 5.25. The van der Waals surface area contributed by atoms with E-state index in [1.165, 1.54) is 0 Å². The Morgan fingerprint density at radius 1 is 1.31 bits per heavy atom. The molecule has 1 aromatic heterocycles. The van der Waals surface area contributed by atoms with E-state index in [0.29, 0.717) is 12.0 Å². The van der Waals surface area contributed by atoms with Gasteiger partial charge in [-0.25, -0.2) is 0 Å². The average molecular weight is 225 g/mol. The number of likely N-dealkylation sites (N-methyl/N-ethyl adjacent to an activating group) is 1. The highest BCUT2D eigenvalue weighted by atomic mass is 16.5. The molecule has 1 unspecified atom stereocenters. The zero-order valence-corrected chi connectivity index (χ0v) is 11.2. The van der Waals surface area contributed by atoms with E-state index in [1.54, 1.807) is 0 Å². The van der Waals surface area contributed by atoms with E-state index in [0.717, 1.165) is 18.1 Å². The molecule has 4 heteroatoms. The third-order valence-electron chi connectivity index (χ3n) is 2.77. The van der Waals surface area contributed by atoms with Crippen LogP contribution in [0.15, 0.2) is 4.52 Å². The van der Waals surface area contributed by atoms with Gasteiger partial charge < -0.3 is 9.84 Å². The van der Waals surface area contributed by atoms with Crippen molar-refractivity contribution in [3.05, 3.63) is 11.7 Å². The van der Waals surface area contributed by atoms with Crippen molar-refractivity contribution in [1.29, 1.82) is 0 Å². The van der Waals surface area contributed by atoms with E-state index in [2.05, 4.69) is 50.1 Å². The summed E-state index contributed by atoms with van der Waals surface area (Å²) < 4.78 is 5.25. The fraction of sp³-hybridized carbons (Fsp3) is 0.833. The second-order valence-corrected chi connectivity index (χ2v) is 5.61. The third kappa shape index (κ3) is 3.30. The smallest absolute Gasteiger partial charge is 0.228 e. The summed E-state index contributed by atoms with van der Waals surface area (Å²) in [5.74, 6) is 1.83. The van der Waals surface area contributed by atoms with Gasteiger partial charge in [0.2, 0.25) is 5.89 Å². The van der Waals surface area contributed by atoms with Gasteiger partial charge in [-0.3, -0.25) is 0 Å². The Hall–Kier alpha value is -0.900. The average Bonchev–Trinajstić information content (AvgIpc) is 2.60. The summed E-state index contributed by atoms with van der Waals surface area (Å²) in [7, 11) is 1.97. The van der Waals surface area contributed by atoms with Crippen LogP contribution in [0.5, 0.6) is 0 Å². The van der Waals surface area contributed by atoms with Crippen molar-refractivity contribution in [2.75, 3.05) is 7.05 Å². The number of aromatic nitrogens is 2. The SMILES string of the molecule is CNC(Cc1nc(C(C)C)no1)C(C)(C)C. The van der Waals surface area contributed by atoms with E-state index in [-0.39, 0.29) is 5.41 Å². The van der Waals surface area contributed by atoms with Crippen LogP contribution in [-0.2, 0) is 6.42 Å². The fourth-order valence-electron chi connectivity index (χ4n) is 1.60. The number of hydrogen-bond acceptors (Lipinski definition) is 4. The largest absolute Gasteiger partial charge is 0.339 e. The monoisotopic (exact) mass is 225 g/mol. The Morgan fingerprint density at radius 3 is 2.31 bits per heavy atom. The Kier molecular flexibility index (Phi) is 4.08. The van der Waals surface area contributed by atoms with E-state index in [1.807, 2.05) is 7.05 Å².